The fraction of sp³-hybridized carbons (Fsp3) is 0.294. The van der Waals surface area contributed by atoms with E-state index in [-0.39, 0.29) is 11.3 Å². The number of para-hydroxylation sites is 1. The van der Waals surface area contributed by atoms with Crippen LogP contribution >= 0.6 is 27.5 Å². The Kier molecular flexibility index (Phi) is 4.41. The van der Waals surface area contributed by atoms with Crippen LogP contribution in [0.1, 0.15) is 29.3 Å². The fourth-order valence-corrected chi connectivity index (χ4v) is 3.77. The molecule has 0 aliphatic carbocycles. The van der Waals surface area contributed by atoms with Crippen molar-refractivity contribution >= 4 is 27.5 Å². The van der Waals surface area contributed by atoms with Gasteiger partial charge in [0.2, 0.25) is 0 Å². The molecule has 0 bridgehead atoms. The largest absolute Gasteiger partial charge is 0.494 e. The number of alkyl halides is 1. The number of rotatable bonds is 4. The average molecular weight is 368 g/mol. The molecule has 3 rings (SSSR count). The summed E-state index contributed by atoms with van der Waals surface area (Å²) in [4.78, 5) is 0. The van der Waals surface area contributed by atoms with Crippen LogP contribution < -0.4 is 9.47 Å². The molecule has 1 aliphatic heterocycles. The van der Waals surface area contributed by atoms with E-state index in [0.717, 1.165) is 21.5 Å². The van der Waals surface area contributed by atoms with Gasteiger partial charge in [-0.3, -0.25) is 0 Å². The number of benzene rings is 2. The summed E-state index contributed by atoms with van der Waals surface area (Å²) in [6.07, 6.45) is 0. The monoisotopic (exact) mass is 366 g/mol. The Hall–Kier alpha value is -1.19. The molecular formula is C17H16BrClO2. The van der Waals surface area contributed by atoms with E-state index in [0.29, 0.717) is 13.2 Å². The van der Waals surface area contributed by atoms with Crippen LogP contribution in [0.5, 0.6) is 11.5 Å². The lowest BCUT2D eigenvalue weighted by Gasteiger charge is -2.18. The average Bonchev–Trinajstić information content (AvgIpc) is 2.91. The maximum atomic E-state index is 6.72. The van der Waals surface area contributed by atoms with Gasteiger partial charge in [0.1, 0.15) is 11.5 Å². The molecule has 2 aromatic rings. The number of hydrogen-bond donors (Lipinski definition) is 0. The molecule has 0 saturated carbocycles. The minimum Gasteiger partial charge on any atom is -0.494 e. The van der Waals surface area contributed by atoms with Crippen LogP contribution in [0, 0.1) is 0 Å². The fourth-order valence-electron chi connectivity index (χ4n) is 2.63. The zero-order chi connectivity index (χ0) is 14.8. The topological polar surface area (TPSA) is 18.5 Å². The second kappa shape index (κ2) is 6.29. The van der Waals surface area contributed by atoms with E-state index in [4.69, 9.17) is 21.1 Å². The first-order valence-electron chi connectivity index (χ1n) is 6.98. The number of hydrogen-bond acceptors (Lipinski definition) is 2. The van der Waals surface area contributed by atoms with Gasteiger partial charge in [-0.25, -0.2) is 0 Å². The minimum atomic E-state index is -0.140. The minimum absolute atomic E-state index is 0.140. The van der Waals surface area contributed by atoms with E-state index in [9.17, 15) is 0 Å². The molecule has 0 fully saturated rings. The van der Waals surface area contributed by atoms with Gasteiger partial charge in [-0.2, -0.15) is 0 Å². The Balaban J connectivity index is 1.88. The zero-order valence-corrected chi connectivity index (χ0v) is 14.0. The van der Waals surface area contributed by atoms with E-state index in [2.05, 4.69) is 22.0 Å². The van der Waals surface area contributed by atoms with Gasteiger partial charge in [0, 0.05) is 16.0 Å². The highest BCUT2D eigenvalue weighted by atomic mass is 79.9. The van der Waals surface area contributed by atoms with Gasteiger partial charge in [0.25, 0.3) is 0 Å². The molecule has 1 aliphatic rings. The number of fused-ring (bicyclic) bond motifs is 1. The van der Waals surface area contributed by atoms with Gasteiger partial charge in [-0.15, -0.1) is 11.6 Å². The van der Waals surface area contributed by atoms with Crippen LogP contribution in [0.25, 0.3) is 0 Å². The van der Waals surface area contributed by atoms with Gasteiger partial charge in [-0.05, 0) is 30.7 Å². The molecule has 21 heavy (non-hydrogen) atoms. The quantitative estimate of drug-likeness (QED) is 0.682. The standard InChI is InChI=1S/C17H16BrClO2/c1-2-20-11-7-8-13(15(18)9-11)17(19)14-10-21-16-6-4-3-5-12(14)16/h3-9,14,17H,2,10H2,1H3. The first kappa shape index (κ1) is 14.7. The second-order valence-corrected chi connectivity index (χ2v) is 6.30. The highest BCUT2D eigenvalue weighted by Gasteiger charge is 2.31. The summed E-state index contributed by atoms with van der Waals surface area (Å²) in [5.74, 6) is 1.95. The third-order valence-corrected chi connectivity index (χ3v) is 4.90. The van der Waals surface area contributed by atoms with Crippen LogP contribution in [0.3, 0.4) is 0 Å². The summed E-state index contributed by atoms with van der Waals surface area (Å²) < 4.78 is 12.2. The third kappa shape index (κ3) is 2.90. The van der Waals surface area contributed by atoms with Gasteiger partial charge in [-0.1, -0.05) is 40.2 Å². The van der Waals surface area contributed by atoms with Gasteiger partial charge in [0.15, 0.2) is 0 Å². The Bertz CT molecular complexity index is 644. The molecular weight excluding hydrogens is 352 g/mol. The third-order valence-electron chi connectivity index (χ3n) is 3.67. The van der Waals surface area contributed by atoms with Crippen LogP contribution in [-0.4, -0.2) is 13.2 Å². The van der Waals surface area contributed by atoms with Crippen molar-refractivity contribution in [2.45, 2.75) is 18.2 Å². The van der Waals surface area contributed by atoms with Crippen molar-refractivity contribution in [3.63, 3.8) is 0 Å². The molecule has 0 aromatic heterocycles. The molecule has 4 heteroatoms. The van der Waals surface area contributed by atoms with Crippen LogP contribution in [0.4, 0.5) is 0 Å². The summed E-state index contributed by atoms with van der Waals surface area (Å²) in [6, 6.07) is 14.0. The Labute approximate surface area is 138 Å². The van der Waals surface area contributed by atoms with Crippen molar-refractivity contribution in [3.8, 4) is 11.5 Å². The van der Waals surface area contributed by atoms with E-state index in [1.54, 1.807) is 0 Å². The predicted molar refractivity (Wildman–Crippen MR) is 88.6 cm³/mol. The maximum absolute atomic E-state index is 6.72. The first-order chi connectivity index (χ1) is 10.2. The van der Waals surface area contributed by atoms with Crippen molar-refractivity contribution in [2.75, 3.05) is 13.2 Å². The molecule has 0 N–H and O–H groups in total. The smallest absolute Gasteiger partial charge is 0.122 e. The van der Waals surface area contributed by atoms with Crippen LogP contribution in [-0.2, 0) is 0 Å². The lowest BCUT2D eigenvalue weighted by molar-refractivity contribution is 0.327. The second-order valence-electron chi connectivity index (χ2n) is 4.97. The van der Waals surface area contributed by atoms with Crippen LogP contribution in [0.15, 0.2) is 46.9 Å². The summed E-state index contributed by atoms with van der Waals surface area (Å²) in [7, 11) is 0. The Morgan fingerprint density at radius 1 is 1.33 bits per heavy atom. The molecule has 0 amide bonds. The highest BCUT2D eigenvalue weighted by molar-refractivity contribution is 9.10. The molecule has 1 heterocycles. The lowest BCUT2D eigenvalue weighted by Crippen LogP contribution is -2.08. The Morgan fingerprint density at radius 3 is 2.90 bits per heavy atom. The van der Waals surface area contributed by atoms with Crippen LogP contribution in [0.2, 0.25) is 0 Å². The van der Waals surface area contributed by atoms with Crippen molar-refractivity contribution in [2.24, 2.45) is 0 Å². The van der Waals surface area contributed by atoms with Gasteiger partial charge >= 0.3 is 0 Å². The summed E-state index contributed by atoms with van der Waals surface area (Å²) >= 11 is 10.3. The van der Waals surface area contributed by atoms with E-state index >= 15 is 0 Å². The highest BCUT2D eigenvalue weighted by Crippen LogP contribution is 2.46. The van der Waals surface area contributed by atoms with E-state index < -0.39 is 0 Å². The number of ether oxygens (including phenoxy) is 2. The van der Waals surface area contributed by atoms with E-state index in [1.165, 1.54) is 5.56 Å². The predicted octanol–water partition coefficient (Wildman–Crippen LogP) is 5.30. The Morgan fingerprint density at radius 2 is 2.14 bits per heavy atom. The van der Waals surface area contributed by atoms with Gasteiger partial charge < -0.3 is 9.47 Å². The summed E-state index contributed by atoms with van der Waals surface area (Å²) in [6.45, 7) is 3.24. The van der Waals surface area contributed by atoms with Crippen molar-refractivity contribution in [1.82, 2.24) is 0 Å². The first-order valence-corrected chi connectivity index (χ1v) is 8.21. The summed E-state index contributed by atoms with van der Waals surface area (Å²) in [5.41, 5.74) is 2.24. The number of halogens is 2. The van der Waals surface area contributed by atoms with Crippen molar-refractivity contribution in [3.05, 3.63) is 58.1 Å². The van der Waals surface area contributed by atoms with Gasteiger partial charge in [0.05, 0.1) is 18.6 Å². The summed E-state index contributed by atoms with van der Waals surface area (Å²) in [5, 5.41) is -0.140. The molecule has 110 valence electrons. The normalized spacial score (nSPS) is 18.0. The molecule has 2 unspecified atom stereocenters. The van der Waals surface area contributed by atoms with Crippen molar-refractivity contribution in [1.29, 1.82) is 0 Å². The van der Waals surface area contributed by atoms with Crippen molar-refractivity contribution < 1.29 is 9.47 Å². The maximum Gasteiger partial charge on any atom is 0.122 e. The van der Waals surface area contributed by atoms with E-state index in [1.807, 2.05) is 43.3 Å². The lowest BCUT2D eigenvalue weighted by atomic mass is 9.93. The molecule has 0 spiro atoms. The molecule has 2 nitrogen and oxygen atoms in total. The molecule has 0 radical (unpaired) electrons. The molecule has 2 atom stereocenters. The zero-order valence-electron chi connectivity index (χ0n) is 11.7. The molecule has 2 aromatic carbocycles. The SMILES string of the molecule is CCOc1ccc(C(Cl)C2COc3ccccc32)c(Br)c1. The molecule has 0 saturated heterocycles.